The number of likely N-dealkylation sites (N-methyl/N-ethyl adjacent to an activating group) is 1. The molecule has 2 rings (SSSR count). The van der Waals surface area contributed by atoms with Crippen LogP contribution in [0.25, 0.3) is 0 Å². The first-order valence-electron chi connectivity index (χ1n) is 5.63. The fourth-order valence-electron chi connectivity index (χ4n) is 2.11. The van der Waals surface area contributed by atoms with Gasteiger partial charge in [0.1, 0.15) is 0 Å². The highest BCUT2D eigenvalue weighted by molar-refractivity contribution is 6.03. The van der Waals surface area contributed by atoms with E-state index in [4.69, 9.17) is 0 Å². The summed E-state index contributed by atoms with van der Waals surface area (Å²) in [5, 5.41) is 0. The summed E-state index contributed by atoms with van der Waals surface area (Å²) in [6, 6.07) is 5.55. The Hall–Kier alpha value is -1.64. The van der Waals surface area contributed by atoms with Crippen molar-refractivity contribution in [2.24, 2.45) is 0 Å². The summed E-state index contributed by atoms with van der Waals surface area (Å²) in [4.78, 5) is 25.0. The molecule has 0 unspecified atom stereocenters. The van der Waals surface area contributed by atoms with Gasteiger partial charge in [-0.3, -0.25) is 9.59 Å². The first-order valence-corrected chi connectivity index (χ1v) is 5.63. The molecule has 0 N–H and O–H groups in total. The van der Waals surface area contributed by atoms with Crippen LogP contribution in [0.4, 0.5) is 5.69 Å². The lowest BCUT2D eigenvalue weighted by molar-refractivity contribution is -0.117. The Kier molecular flexibility index (Phi) is 2.77. The van der Waals surface area contributed by atoms with Crippen LogP contribution in [0, 0.1) is 0 Å². The standard InChI is InChI=1S/C13H15NO2/c1-3-12(15)9-5-6-11-10(7-9)8-13(16)14(11)4-2/h5-7H,3-4,8H2,1-2H3. The molecule has 3 nitrogen and oxygen atoms in total. The summed E-state index contributed by atoms with van der Waals surface area (Å²) in [7, 11) is 0. The first kappa shape index (κ1) is 10.9. The van der Waals surface area contributed by atoms with Crippen molar-refractivity contribution in [2.45, 2.75) is 26.7 Å². The lowest BCUT2D eigenvalue weighted by Gasteiger charge is -2.14. The molecule has 0 aliphatic carbocycles. The highest BCUT2D eigenvalue weighted by Crippen LogP contribution is 2.29. The van der Waals surface area contributed by atoms with Crippen molar-refractivity contribution in [3.8, 4) is 0 Å². The van der Waals surface area contributed by atoms with Crippen LogP contribution < -0.4 is 4.90 Å². The van der Waals surface area contributed by atoms with E-state index in [1.807, 2.05) is 32.0 Å². The van der Waals surface area contributed by atoms with Crippen LogP contribution >= 0.6 is 0 Å². The van der Waals surface area contributed by atoms with Crippen molar-refractivity contribution in [3.63, 3.8) is 0 Å². The summed E-state index contributed by atoms with van der Waals surface area (Å²) in [6.07, 6.45) is 0.929. The number of anilines is 1. The van der Waals surface area contributed by atoms with Crippen LogP contribution in [0.3, 0.4) is 0 Å². The van der Waals surface area contributed by atoms with E-state index in [9.17, 15) is 9.59 Å². The van der Waals surface area contributed by atoms with Gasteiger partial charge in [-0.25, -0.2) is 0 Å². The highest BCUT2D eigenvalue weighted by Gasteiger charge is 2.26. The van der Waals surface area contributed by atoms with Crippen LogP contribution in [0.2, 0.25) is 0 Å². The van der Waals surface area contributed by atoms with Crippen molar-refractivity contribution in [2.75, 3.05) is 11.4 Å². The quantitative estimate of drug-likeness (QED) is 0.728. The van der Waals surface area contributed by atoms with E-state index in [0.717, 1.165) is 11.3 Å². The van der Waals surface area contributed by atoms with Crippen LogP contribution in [-0.2, 0) is 11.2 Å². The number of benzene rings is 1. The van der Waals surface area contributed by atoms with E-state index in [0.29, 0.717) is 24.9 Å². The van der Waals surface area contributed by atoms with Gasteiger partial charge in [-0.15, -0.1) is 0 Å². The van der Waals surface area contributed by atoms with Gasteiger partial charge in [0.2, 0.25) is 5.91 Å². The van der Waals surface area contributed by atoms with Gasteiger partial charge in [-0.1, -0.05) is 6.92 Å². The predicted molar refractivity (Wildman–Crippen MR) is 62.8 cm³/mol. The number of carbonyl (C=O) groups excluding carboxylic acids is 2. The molecule has 1 aliphatic heterocycles. The third-order valence-corrected chi connectivity index (χ3v) is 2.97. The maximum Gasteiger partial charge on any atom is 0.231 e. The van der Waals surface area contributed by atoms with Crippen LogP contribution in [0.1, 0.15) is 36.2 Å². The molecule has 0 aromatic heterocycles. The zero-order valence-electron chi connectivity index (χ0n) is 9.62. The second-order valence-corrected chi connectivity index (χ2v) is 3.93. The van der Waals surface area contributed by atoms with Crippen molar-refractivity contribution in [1.82, 2.24) is 0 Å². The van der Waals surface area contributed by atoms with Gasteiger partial charge in [0, 0.05) is 24.2 Å². The molecule has 0 saturated carbocycles. The number of nitrogens with zero attached hydrogens (tertiary/aromatic N) is 1. The van der Waals surface area contributed by atoms with Gasteiger partial charge in [0.05, 0.1) is 6.42 Å². The van der Waals surface area contributed by atoms with Crippen molar-refractivity contribution in [3.05, 3.63) is 29.3 Å². The van der Waals surface area contributed by atoms with Gasteiger partial charge >= 0.3 is 0 Å². The average Bonchev–Trinajstić information content (AvgIpc) is 2.62. The summed E-state index contributed by atoms with van der Waals surface area (Å²) in [5.74, 6) is 0.254. The number of hydrogen-bond donors (Lipinski definition) is 0. The smallest absolute Gasteiger partial charge is 0.231 e. The molecule has 0 bridgehead atoms. The molecule has 0 fully saturated rings. The molecule has 0 radical (unpaired) electrons. The topological polar surface area (TPSA) is 37.4 Å². The molecule has 1 aromatic rings. The second-order valence-electron chi connectivity index (χ2n) is 3.93. The largest absolute Gasteiger partial charge is 0.312 e. The zero-order chi connectivity index (χ0) is 11.7. The minimum absolute atomic E-state index is 0.124. The molecule has 16 heavy (non-hydrogen) atoms. The van der Waals surface area contributed by atoms with Crippen molar-refractivity contribution >= 4 is 17.4 Å². The summed E-state index contributed by atoms with van der Waals surface area (Å²) < 4.78 is 0. The summed E-state index contributed by atoms with van der Waals surface area (Å²) in [5.41, 5.74) is 2.65. The molecular formula is C13H15NO2. The number of hydrogen-bond acceptors (Lipinski definition) is 2. The fraction of sp³-hybridized carbons (Fsp3) is 0.385. The molecule has 0 spiro atoms. The Bertz CT molecular complexity index is 451. The van der Waals surface area contributed by atoms with E-state index in [1.54, 1.807) is 4.90 Å². The van der Waals surface area contributed by atoms with Crippen LogP contribution in [0.5, 0.6) is 0 Å². The molecule has 1 aromatic carbocycles. The highest BCUT2D eigenvalue weighted by atomic mass is 16.2. The van der Waals surface area contributed by atoms with E-state index >= 15 is 0 Å². The summed E-state index contributed by atoms with van der Waals surface area (Å²) in [6.45, 7) is 4.49. The molecule has 0 atom stereocenters. The maximum absolute atomic E-state index is 11.7. The maximum atomic E-state index is 11.7. The third kappa shape index (κ3) is 1.62. The normalized spacial score (nSPS) is 14.1. The molecule has 0 saturated heterocycles. The second kappa shape index (κ2) is 4.08. The number of carbonyl (C=O) groups is 2. The number of fused-ring (bicyclic) bond motifs is 1. The van der Waals surface area contributed by atoms with E-state index in [-0.39, 0.29) is 11.7 Å². The SMILES string of the molecule is CCC(=O)c1ccc2c(c1)CC(=O)N2CC. The van der Waals surface area contributed by atoms with Crippen LogP contribution in [0.15, 0.2) is 18.2 Å². The summed E-state index contributed by atoms with van der Waals surface area (Å²) >= 11 is 0. The zero-order valence-corrected chi connectivity index (χ0v) is 9.62. The molecule has 1 heterocycles. The van der Waals surface area contributed by atoms with Gasteiger partial charge in [-0.05, 0) is 30.7 Å². The Morgan fingerprint density at radius 1 is 1.38 bits per heavy atom. The Balaban J connectivity index is 2.40. The van der Waals surface area contributed by atoms with Crippen molar-refractivity contribution in [1.29, 1.82) is 0 Å². The molecular weight excluding hydrogens is 202 g/mol. The number of Topliss-reactive ketones (excluding diaryl/α,β-unsaturated/α-hetero) is 1. The molecule has 1 aliphatic rings. The van der Waals surface area contributed by atoms with Gasteiger partial charge in [-0.2, -0.15) is 0 Å². The van der Waals surface area contributed by atoms with Gasteiger partial charge < -0.3 is 4.90 Å². The Morgan fingerprint density at radius 2 is 2.12 bits per heavy atom. The van der Waals surface area contributed by atoms with E-state index in [2.05, 4.69) is 0 Å². The minimum atomic E-state index is 0.124. The van der Waals surface area contributed by atoms with Crippen molar-refractivity contribution < 1.29 is 9.59 Å². The van der Waals surface area contributed by atoms with Gasteiger partial charge in [0.15, 0.2) is 5.78 Å². The van der Waals surface area contributed by atoms with Crippen LogP contribution in [-0.4, -0.2) is 18.2 Å². The van der Waals surface area contributed by atoms with E-state index < -0.39 is 0 Å². The third-order valence-electron chi connectivity index (χ3n) is 2.97. The Morgan fingerprint density at radius 3 is 2.75 bits per heavy atom. The Labute approximate surface area is 95.1 Å². The lowest BCUT2D eigenvalue weighted by atomic mass is 10.0. The van der Waals surface area contributed by atoms with Gasteiger partial charge in [0.25, 0.3) is 0 Å². The number of rotatable bonds is 3. The minimum Gasteiger partial charge on any atom is -0.312 e. The molecule has 84 valence electrons. The number of amides is 1. The average molecular weight is 217 g/mol. The molecule has 3 heteroatoms. The number of ketones is 1. The van der Waals surface area contributed by atoms with E-state index in [1.165, 1.54) is 0 Å². The molecule has 1 amide bonds. The first-order chi connectivity index (χ1) is 7.67. The fourth-order valence-corrected chi connectivity index (χ4v) is 2.11. The monoisotopic (exact) mass is 217 g/mol. The predicted octanol–water partition coefficient (Wildman–Crippen LogP) is 2.19. The lowest BCUT2D eigenvalue weighted by Crippen LogP contribution is -2.25.